The van der Waals surface area contributed by atoms with Crippen LogP contribution in [0.5, 0.6) is 0 Å². The lowest BCUT2D eigenvalue weighted by Gasteiger charge is -2.28. The van der Waals surface area contributed by atoms with E-state index in [2.05, 4.69) is 65.5 Å². The summed E-state index contributed by atoms with van der Waals surface area (Å²) in [7, 11) is 0. The van der Waals surface area contributed by atoms with Gasteiger partial charge < -0.3 is 85.5 Å². The summed E-state index contributed by atoms with van der Waals surface area (Å²) < 4.78 is 0. The van der Waals surface area contributed by atoms with Crippen LogP contribution in [0.15, 0.2) is 4.99 Å². The van der Waals surface area contributed by atoms with Crippen molar-refractivity contribution >= 4 is 101 Å². The highest BCUT2D eigenvalue weighted by Gasteiger charge is 2.36. The number of aliphatic imine (C=N–C) groups is 1. The van der Waals surface area contributed by atoms with Gasteiger partial charge in [0, 0.05) is 18.7 Å². The monoisotopic (exact) mass is 1080 g/mol. The number of nitrogens with one attached hydrogen (secondary N) is 9. The number of aliphatic hydroxyl groups is 1. The predicted octanol–water partition coefficient (Wildman–Crippen LogP) is -5.82. The summed E-state index contributed by atoms with van der Waals surface area (Å²) in [6.07, 6.45) is -1.77. The molecule has 73 heavy (non-hydrogen) atoms. The van der Waals surface area contributed by atoms with Crippen molar-refractivity contribution in [2.24, 2.45) is 34.0 Å². The zero-order valence-corrected chi connectivity index (χ0v) is 43.3. The molecule has 0 heterocycles. The van der Waals surface area contributed by atoms with Crippen molar-refractivity contribution in [2.45, 2.75) is 134 Å². The Bertz CT molecular complexity index is 1960. The molecule has 0 aromatic rings. The van der Waals surface area contributed by atoms with Crippen LogP contribution < -0.4 is 65.1 Å². The average molecular weight is 1080 g/mol. The first-order valence-corrected chi connectivity index (χ1v) is 25.0. The minimum absolute atomic E-state index is 0.0363. The van der Waals surface area contributed by atoms with Gasteiger partial charge in [-0.25, -0.2) is 4.79 Å². The van der Waals surface area contributed by atoms with Crippen molar-refractivity contribution in [2.75, 3.05) is 37.4 Å². The smallest absolute Gasteiger partial charge is 0.328 e. The van der Waals surface area contributed by atoms with E-state index in [1.165, 1.54) is 11.8 Å². The molecule has 0 fully saturated rings. The molecule has 0 unspecified atom stereocenters. The second kappa shape index (κ2) is 34.8. The number of rotatable bonds is 36. The van der Waals surface area contributed by atoms with E-state index in [4.69, 9.17) is 17.2 Å². The van der Waals surface area contributed by atoms with Gasteiger partial charge in [0.05, 0.1) is 25.6 Å². The van der Waals surface area contributed by atoms with Gasteiger partial charge in [-0.15, -0.1) is 0 Å². The third-order valence-corrected chi connectivity index (χ3v) is 11.7. The van der Waals surface area contributed by atoms with Gasteiger partial charge in [0.25, 0.3) is 0 Å². The van der Waals surface area contributed by atoms with Crippen LogP contribution in [0.2, 0.25) is 0 Å². The van der Waals surface area contributed by atoms with Crippen LogP contribution in [0.4, 0.5) is 0 Å². The van der Waals surface area contributed by atoms with Crippen LogP contribution in [0.25, 0.3) is 0 Å². The Balaban J connectivity index is 6.58. The maximum absolute atomic E-state index is 13.9. The van der Waals surface area contributed by atoms with Gasteiger partial charge in [-0.05, 0) is 56.5 Å². The van der Waals surface area contributed by atoms with Crippen molar-refractivity contribution in [3.63, 3.8) is 0 Å². The Morgan fingerprint density at radius 3 is 1.59 bits per heavy atom. The summed E-state index contributed by atoms with van der Waals surface area (Å²) in [5.74, 6) is -14.9. The second-order valence-corrected chi connectivity index (χ2v) is 18.3. The minimum Gasteiger partial charge on any atom is -0.481 e. The molecule has 19 N–H and O–H groups in total. The summed E-state index contributed by atoms with van der Waals surface area (Å²) in [6.45, 7) is 6.24. The number of carbonyl (C=O) groups excluding carboxylic acids is 9. The number of carboxylic acid groups (broad SMARTS) is 3. The number of carbonyl (C=O) groups is 12. The normalized spacial score (nSPS) is 15.0. The number of hydrogen-bond donors (Lipinski definition) is 17. The van der Waals surface area contributed by atoms with E-state index < -0.39 is 175 Å². The van der Waals surface area contributed by atoms with E-state index >= 15 is 0 Å². The Kier molecular flexibility index (Phi) is 31.7. The molecule has 0 spiro atoms. The van der Waals surface area contributed by atoms with E-state index in [1.807, 2.05) is 0 Å². The third-order valence-electron chi connectivity index (χ3n) is 10.7. The number of hydrogen-bond acceptors (Lipinski definition) is 17. The van der Waals surface area contributed by atoms with Gasteiger partial charge in [-0.2, -0.15) is 24.4 Å². The highest BCUT2D eigenvalue weighted by atomic mass is 32.2. The number of thiol groups is 1. The average Bonchev–Trinajstić information content (AvgIpc) is 3.31. The van der Waals surface area contributed by atoms with Crippen LogP contribution in [-0.4, -0.2) is 189 Å². The molecule has 29 nitrogen and oxygen atoms in total. The number of amides is 9. The Labute approximate surface area is 431 Å². The maximum Gasteiger partial charge on any atom is 0.328 e. The lowest BCUT2D eigenvalue weighted by atomic mass is 9.97. The van der Waals surface area contributed by atoms with E-state index in [0.29, 0.717) is 12.2 Å². The molecule has 414 valence electrons. The quantitative estimate of drug-likeness (QED) is 0.0120. The molecule has 10 atom stereocenters. The molecular formula is C42H73N13O16S2. The van der Waals surface area contributed by atoms with Crippen LogP contribution in [0.3, 0.4) is 0 Å². The lowest BCUT2D eigenvalue weighted by molar-refractivity contribution is -0.144. The largest absolute Gasteiger partial charge is 0.481 e. The number of carboxylic acids is 3. The zero-order valence-electron chi connectivity index (χ0n) is 41.6. The molecule has 0 aromatic heterocycles. The van der Waals surface area contributed by atoms with Gasteiger partial charge in [-0.3, -0.25) is 57.7 Å². The first-order chi connectivity index (χ1) is 34.1. The highest BCUT2D eigenvalue weighted by Crippen LogP contribution is 2.12. The molecule has 0 saturated carbocycles. The fraction of sp³-hybridized carbons (Fsp3) is 0.690. The predicted molar refractivity (Wildman–Crippen MR) is 267 cm³/mol. The number of guanidine groups is 1. The van der Waals surface area contributed by atoms with Gasteiger partial charge in [0.1, 0.15) is 42.3 Å². The first kappa shape index (κ1) is 66.5. The molecule has 0 radical (unpaired) electrons. The minimum atomic E-state index is -1.87. The van der Waals surface area contributed by atoms with Crippen molar-refractivity contribution in [1.82, 2.24) is 47.9 Å². The summed E-state index contributed by atoms with van der Waals surface area (Å²) in [4.78, 5) is 159. The van der Waals surface area contributed by atoms with Crippen LogP contribution >= 0.6 is 24.4 Å². The van der Waals surface area contributed by atoms with Crippen LogP contribution in [-0.2, 0) is 57.5 Å². The Morgan fingerprint density at radius 2 is 1.11 bits per heavy atom. The van der Waals surface area contributed by atoms with E-state index in [0.717, 1.165) is 6.92 Å². The summed E-state index contributed by atoms with van der Waals surface area (Å²) in [6, 6.07) is -12.3. The number of nitrogens with two attached hydrogens (primary N) is 3. The zero-order chi connectivity index (χ0) is 56.1. The molecule has 0 aliphatic carbocycles. The van der Waals surface area contributed by atoms with E-state index in [-0.39, 0.29) is 31.8 Å². The SMILES string of the molecule is CC[C@H](C)[C@H](NC(=O)[C@H](CCCN=C(N)N)NC(=O)[C@H](CCC(=O)O)NC(=O)[C@H](CS)NC(=O)[C@H](CC(=O)O)NC(=O)[C@@H](NC(=O)[C@H](CCSC)NC(=O)CN)C(C)C)C(=O)NCC(=O)N[C@H](C(=O)O)[C@@H](C)O. The summed E-state index contributed by atoms with van der Waals surface area (Å²) in [5.41, 5.74) is 16.2. The number of aliphatic carboxylic acids is 3. The Morgan fingerprint density at radius 1 is 0.603 bits per heavy atom. The van der Waals surface area contributed by atoms with E-state index in [9.17, 15) is 78.0 Å². The van der Waals surface area contributed by atoms with Crippen LogP contribution in [0.1, 0.15) is 79.6 Å². The van der Waals surface area contributed by atoms with Gasteiger partial charge in [0.15, 0.2) is 12.0 Å². The molecule has 0 rings (SSSR count). The fourth-order valence-electron chi connectivity index (χ4n) is 6.36. The molecule has 0 aliphatic heterocycles. The highest BCUT2D eigenvalue weighted by molar-refractivity contribution is 7.98. The number of thioether (sulfide) groups is 1. The molecule has 0 saturated heterocycles. The number of nitrogens with zero attached hydrogens (tertiary/aromatic N) is 1. The van der Waals surface area contributed by atoms with Crippen molar-refractivity contribution in [3.8, 4) is 0 Å². The number of aliphatic hydroxyl groups excluding tert-OH is 1. The molecule has 9 amide bonds. The fourth-order valence-corrected chi connectivity index (χ4v) is 7.09. The lowest BCUT2D eigenvalue weighted by Crippen LogP contribution is -2.61. The molecule has 0 aromatic carbocycles. The molecule has 0 bridgehead atoms. The van der Waals surface area contributed by atoms with Crippen LogP contribution in [0, 0.1) is 11.8 Å². The van der Waals surface area contributed by atoms with Crippen molar-refractivity contribution < 1.29 is 78.0 Å². The topological polar surface area (TPSA) is 484 Å². The Hall–Kier alpha value is -6.47. The van der Waals surface area contributed by atoms with Crippen molar-refractivity contribution in [1.29, 1.82) is 0 Å². The molecular weight excluding hydrogens is 1010 g/mol. The maximum atomic E-state index is 13.9. The summed E-state index contributed by atoms with van der Waals surface area (Å²) >= 11 is 5.49. The van der Waals surface area contributed by atoms with Gasteiger partial charge >= 0.3 is 17.9 Å². The molecule has 0 aliphatic rings. The summed E-state index contributed by atoms with van der Waals surface area (Å²) in [5, 5.41) is 59.2. The standard InChI is InChI=1S/C42H73N13O16S2/c1-7-20(4)32(39(68)47-17-28(58)53-33(21(5)56)41(70)71)55-35(64)22(9-8-13-46-42(44)45)49-34(63)23(10-11-29(59)60)50-38(67)26(18-72)52-37(66)25(15-30(61)62)51-40(69)31(19(2)3)54-36(65)24(12-14-73-6)48-27(57)16-43/h19-26,31-33,56,72H,7-18,43H2,1-6H3,(H,47,68)(H,48,57)(H,49,63)(H,50,67)(H,51,69)(H,52,66)(H,53,58)(H,54,65)(H,55,64)(H,59,60)(H,61,62)(H,70,71)(H4,44,45,46)/t20-,21+,22-,23-,24-,25-,26-,31-,32-,33-/m0/s1. The van der Waals surface area contributed by atoms with E-state index in [1.54, 1.807) is 34.0 Å². The van der Waals surface area contributed by atoms with Crippen molar-refractivity contribution in [3.05, 3.63) is 0 Å². The molecule has 31 heteroatoms. The first-order valence-electron chi connectivity index (χ1n) is 23.0. The third kappa shape index (κ3) is 26.2. The second-order valence-electron chi connectivity index (χ2n) is 17.0. The van der Waals surface area contributed by atoms with Gasteiger partial charge in [0.2, 0.25) is 53.2 Å². The van der Waals surface area contributed by atoms with Gasteiger partial charge in [-0.1, -0.05) is 34.1 Å².